The third kappa shape index (κ3) is 7.87. The van der Waals surface area contributed by atoms with Crippen LogP contribution in [0.15, 0.2) is 48.5 Å². The van der Waals surface area contributed by atoms with E-state index >= 15 is 0 Å². The number of carbonyl (C=O) groups excluding carboxylic acids is 2. The van der Waals surface area contributed by atoms with Crippen LogP contribution in [0.5, 0.6) is 11.5 Å². The minimum atomic E-state index is -0.292. The number of amides is 2. The number of aryl methyl sites for hydroxylation is 1. The average molecular weight is 564 g/mol. The number of hydrogen-bond acceptors (Lipinski definition) is 5. The molecule has 0 atom stereocenters. The molecule has 3 aromatic rings. The zero-order chi connectivity index (χ0) is 27.1. The summed E-state index contributed by atoms with van der Waals surface area (Å²) in [5.74, 6) is 0.866. The first-order chi connectivity index (χ1) is 17.6. The van der Waals surface area contributed by atoms with Crippen molar-refractivity contribution in [1.29, 1.82) is 0 Å². The average Bonchev–Trinajstić information content (AvgIpc) is 3.27. The van der Waals surface area contributed by atoms with E-state index < -0.39 is 0 Å². The lowest BCUT2D eigenvalue weighted by Crippen LogP contribution is -2.46. The summed E-state index contributed by atoms with van der Waals surface area (Å²) in [5.41, 5.74) is 1.37. The highest BCUT2D eigenvalue weighted by molar-refractivity contribution is 7.11. The largest absolute Gasteiger partial charge is 0.493 e. The fraction of sp³-hybridized carbons (Fsp3) is 0.357. The molecule has 1 aromatic heterocycles. The monoisotopic (exact) mass is 562 g/mol. The Morgan fingerprint density at radius 3 is 2.19 bits per heavy atom. The summed E-state index contributed by atoms with van der Waals surface area (Å²) in [6.07, 6.45) is 0.621. The fourth-order valence-electron chi connectivity index (χ4n) is 3.93. The first-order valence-corrected chi connectivity index (χ1v) is 13.5. The zero-order valence-electron chi connectivity index (χ0n) is 21.7. The van der Waals surface area contributed by atoms with E-state index in [1.54, 1.807) is 53.6 Å². The molecule has 1 heterocycles. The highest BCUT2D eigenvalue weighted by Gasteiger charge is 2.25. The lowest BCUT2D eigenvalue weighted by molar-refractivity contribution is -0.132. The van der Waals surface area contributed by atoms with E-state index in [4.69, 9.17) is 32.7 Å². The smallest absolute Gasteiger partial charge is 0.254 e. The maximum absolute atomic E-state index is 13.6. The summed E-state index contributed by atoms with van der Waals surface area (Å²) in [6, 6.07) is 14.3. The van der Waals surface area contributed by atoms with Crippen molar-refractivity contribution >= 4 is 46.4 Å². The number of nitrogens with zero attached hydrogens (tertiary/aromatic N) is 2. The molecule has 0 radical (unpaired) electrons. The third-order valence-corrected chi connectivity index (χ3v) is 7.33. The molecule has 0 aliphatic heterocycles. The van der Waals surface area contributed by atoms with Gasteiger partial charge in [0.25, 0.3) is 5.91 Å². The van der Waals surface area contributed by atoms with Crippen molar-refractivity contribution < 1.29 is 19.1 Å². The van der Waals surface area contributed by atoms with Gasteiger partial charge in [0.05, 0.1) is 20.8 Å². The zero-order valence-corrected chi connectivity index (χ0v) is 24.0. The molecule has 198 valence electrons. The minimum absolute atomic E-state index is 0.0586. The van der Waals surface area contributed by atoms with Crippen LogP contribution in [0.1, 0.15) is 39.5 Å². The molecule has 37 heavy (non-hydrogen) atoms. The normalized spacial score (nSPS) is 10.9. The number of hydrogen-bond donors (Lipinski definition) is 0. The molecule has 0 N–H and O–H groups in total. The van der Waals surface area contributed by atoms with E-state index in [-0.39, 0.29) is 24.4 Å². The molecule has 3 rings (SSSR count). The van der Waals surface area contributed by atoms with Crippen LogP contribution >= 0.6 is 34.5 Å². The predicted molar refractivity (Wildman–Crippen MR) is 150 cm³/mol. The summed E-state index contributed by atoms with van der Waals surface area (Å²) in [6.45, 7) is 6.69. The number of halogens is 2. The van der Waals surface area contributed by atoms with Gasteiger partial charge in [-0.1, -0.05) is 29.3 Å². The lowest BCUT2D eigenvalue weighted by atomic mass is 10.1. The van der Waals surface area contributed by atoms with Crippen LogP contribution in [0.3, 0.4) is 0 Å². The highest BCUT2D eigenvalue weighted by Crippen LogP contribution is 2.28. The SMILES string of the molecule is COc1ccc(CCN(Cc2ccc(C)s2)C(=O)CN(C(=O)c2cc(Cl)cc(Cl)c2)C(C)C)cc1OC. The Bertz CT molecular complexity index is 1220. The van der Waals surface area contributed by atoms with Crippen molar-refractivity contribution in [3.63, 3.8) is 0 Å². The van der Waals surface area contributed by atoms with Crippen LogP contribution in [0.25, 0.3) is 0 Å². The molecule has 0 aliphatic rings. The molecule has 0 saturated carbocycles. The van der Waals surface area contributed by atoms with E-state index in [0.29, 0.717) is 46.6 Å². The highest BCUT2D eigenvalue weighted by atomic mass is 35.5. The Morgan fingerprint density at radius 1 is 0.946 bits per heavy atom. The van der Waals surface area contributed by atoms with Gasteiger partial charge in [-0.25, -0.2) is 0 Å². The fourth-order valence-corrected chi connectivity index (χ4v) is 5.36. The van der Waals surface area contributed by atoms with E-state index in [1.165, 1.54) is 4.88 Å². The van der Waals surface area contributed by atoms with Gasteiger partial charge in [-0.05, 0) is 75.2 Å². The van der Waals surface area contributed by atoms with Crippen molar-refractivity contribution in [2.24, 2.45) is 0 Å². The summed E-state index contributed by atoms with van der Waals surface area (Å²) < 4.78 is 10.8. The molecule has 0 bridgehead atoms. The summed E-state index contributed by atoms with van der Waals surface area (Å²) in [5, 5.41) is 0.742. The van der Waals surface area contributed by atoms with Crippen LogP contribution in [-0.4, -0.2) is 55.0 Å². The predicted octanol–water partition coefficient (Wildman–Crippen LogP) is 6.50. The number of thiophene rings is 1. The van der Waals surface area contributed by atoms with Gasteiger partial charge in [0.15, 0.2) is 11.5 Å². The molecule has 0 unspecified atom stereocenters. The maximum Gasteiger partial charge on any atom is 0.254 e. The van der Waals surface area contributed by atoms with Crippen LogP contribution in [0, 0.1) is 6.92 Å². The second-order valence-corrected chi connectivity index (χ2v) is 11.2. The summed E-state index contributed by atoms with van der Waals surface area (Å²) >= 11 is 13.9. The topological polar surface area (TPSA) is 59.1 Å². The van der Waals surface area contributed by atoms with Gasteiger partial charge in [0, 0.05) is 37.9 Å². The second kappa shape index (κ2) is 13.2. The molecule has 9 heteroatoms. The van der Waals surface area contributed by atoms with Gasteiger partial charge in [-0.3, -0.25) is 9.59 Å². The first-order valence-electron chi connectivity index (χ1n) is 11.9. The molecule has 0 spiro atoms. The standard InChI is InChI=1S/C28H32Cl2N2O4S/c1-18(2)32(28(34)21-13-22(29)15-23(30)14-21)17-27(33)31(16-24-8-6-19(3)37-24)11-10-20-7-9-25(35-4)26(12-20)36-5/h6-9,12-15,18H,10-11,16-17H2,1-5H3. The third-order valence-electron chi connectivity index (χ3n) is 5.91. The number of carbonyl (C=O) groups is 2. The quantitative estimate of drug-likeness (QED) is 0.267. The van der Waals surface area contributed by atoms with E-state index in [9.17, 15) is 9.59 Å². The van der Waals surface area contributed by atoms with E-state index in [1.807, 2.05) is 51.1 Å². The molecule has 2 amide bonds. The minimum Gasteiger partial charge on any atom is -0.493 e. The lowest BCUT2D eigenvalue weighted by Gasteiger charge is -2.30. The number of benzene rings is 2. The van der Waals surface area contributed by atoms with Crippen molar-refractivity contribution in [2.75, 3.05) is 27.3 Å². The van der Waals surface area contributed by atoms with Gasteiger partial charge in [-0.15, -0.1) is 11.3 Å². The summed E-state index contributed by atoms with van der Waals surface area (Å²) in [4.78, 5) is 32.6. The number of ether oxygens (including phenoxy) is 2. The molecule has 0 fully saturated rings. The van der Waals surface area contributed by atoms with Crippen molar-refractivity contribution in [1.82, 2.24) is 9.80 Å². The number of rotatable bonds is 11. The van der Waals surface area contributed by atoms with Crippen LogP contribution in [-0.2, 0) is 17.8 Å². The van der Waals surface area contributed by atoms with Crippen LogP contribution < -0.4 is 9.47 Å². The Morgan fingerprint density at radius 2 is 1.62 bits per heavy atom. The maximum atomic E-state index is 13.6. The molecular weight excluding hydrogens is 531 g/mol. The van der Waals surface area contributed by atoms with Gasteiger partial charge < -0.3 is 19.3 Å². The molecule has 6 nitrogen and oxygen atoms in total. The van der Waals surface area contributed by atoms with Crippen molar-refractivity contribution in [3.05, 3.63) is 79.5 Å². The molecule has 2 aromatic carbocycles. The van der Waals surface area contributed by atoms with Crippen LogP contribution in [0.2, 0.25) is 10.0 Å². The van der Waals surface area contributed by atoms with Crippen LogP contribution in [0.4, 0.5) is 0 Å². The van der Waals surface area contributed by atoms with E-state index in [0.717, 1.165) is 10.4 Å². The molecule has 0 saturated heterocycles. The van der Waals surface area contributed by atoms with Gasteiger partial charge >= 0.3 is 0 Å². The van der Waals surface area contributed by atoms with Gasteiger partial charge in [0.2, 0.25) is 5.91 Å². The second-order valence-electron chi connectivity index (χ2n) is 8.95. The molecular formula is C28H32Cl2N2O4S. The van der Waals surface area contributed by atoms with Gasteiger partial charge in [0.1, 0.15) is 6.54 Å². The Balaban J connectivity index is 1.81. The van der Waals surface area contributed by atoms with E-state index in [2.05, 4.69) is 0 Å². The first kappa shape index (κ1) is 28.8. The Kier molecular flexibility index (Phi) is 10.3. The Hall–Kier alpha value is -2.74. The van der Waals surface area contributed by atoms with Gasteiger partial charge in [-0.2, -0.15) is 0 Å². The van der Waals surface area contributed by atoms with Crippen molar-refractivity contribution in [2.45, 2.75) is 39.8 Å². The summed E-state index contributed by atoms with van der Waals surface area (Å²) in [7, 11) is 3.20. The molecule has 0 aliphatic carbocycles. The Labute approximate surface area is 232 Å². The van der Waals surface area contributed by atoms with Crippen molar-refractivity contribution in [3.8, 4) is 11.5 Å². The number of methoxy groups -OCH3 is 2.